The summed E-state index contributed by atoms with van der Waals surface area (Å²) in [7, 11) is 1.72. The monoisotopic (exact) mass is 492 g/mol. The molecule has 2 saturated heterocycles. The Morgan fingerprint density at radius 3 is 2.03 bits per heavy atom. The van der Waals surface area contributed by atoms with E-state index in [9.17, 15) is 0 Å². The highest BCUT2D eigenvalue weighted by atomic mass is 16.5. The van der Waals surface area contributed by atoms with Gasteiger partial charge < -0.3 is 24.2 Å². The minimum atomic E-state index is -0.232. The van der Waals surface area contributed by atoms with E-state index in [1.807, 2.05) is 0 Å². The van der Waals surface area contributed by atoms with Crippen LogP contribution in [0.2, 0.25) is 0 Å². The van der Waals surface area contributed by atoms with Crippen LogP contribution in [0.25, 0.3) is 0 Å². The van der Waals surface area contributed by atoms with E-state index in [4.69, 9.17) is 9.47 Å². The molecule has 3 aliphatic rings. The molecular formula is C30H44N4O2. The number of methoxy groups -OCH3 is 1. The fourth-order valence-electron chi connectivity index (χ4n) is 6.67. The van der Waals surface area contributed by atoms with Gasteiger partial charge in [0.05, 0.1) is 13.2 Å². The maximum absolute atomic E-state index is 6.75. The van der Waals surface area contributed by atoms with Crippen LogP contribution in [0.3, 0.4) is 0 Å². The van der Waals surface area contributed by atoms with E-state index in [2.05, 4.69) is 85.4 Å². The number of piperazine rings is 2. The number of nitrogens with zero attached hydrogens (tertiary/aromatic N) is 4. The Kier molecular flexibility index (Phi) is 6.86. The highest BCUT2D eigenvalue weighted by molar-refractivity contribution is 5.71. The van der Waals surface area contributed by atoms with Crippen LogP contribution in [0.5, 0.6) is 11.5 Å². The van der Waals surface area contributed by atoms with Gasteiger partial charge in [0.1, 0.15) is 17.1 Å². The first-order valence-corrected chi connectivity index (χ1v) is 13.7. The molecule has 0 saturated carbocycles. The normalized spacial score (nSPS) is 22.5. The van der Waals surface area contributed by atoms with Crippen molar-refractivity contribution in [1.82, 2.24) is 9.80 Å². The van der Waals surface area contributed by atoms with Crippen LogP contribution in [0, 0.1) is 20.8 Å². The third kappa shape index (κ3) is 4.32. The molecule has 3 aliphatic heterocycles. The van der Waals surface area contributed by atoms with Gasteiger partial charge >= 0.3 is 0 Å². The van der Waals surface area contributed by atoms with Gasteiger partial charge in [-0.15, -0.1) is 0 Å². The molecule has 2 aromatic rings. The van der Waals surface area contributed by atoms with Crippen molar-refractivity contribution in [2.45, 2.75) is 53.2 Å². The van der Waals surface area contributed by atoms with Gasteiger partial charge in [0, 0.05) is 69.3 Å². The van der Waals surface area contributed by atoms with Gasteiger partial charge in [0.25, 0.3) is 0 Å². The molecule has 6 heteroatoms. The maximum Gasteiger partial charge on any atom is 0.128 e. The van der Waals surface area contributed by atoms with E-state index in [-0.39, 0.29) is 5.60 Å². The lowest BCUT2D eigenvalue weighted by Gasteiger charge is -2.42. The number of rotatable bonds is 5. The molecule has 0 radical (unpaired) electrons. The average Bonchev–Trinajstić information content (AvgIpc) is 3.19. The molecular weight excluding hydrogens is 448 g/mol. The summed E-state index contributed by atoms with van der Waals surface area (Å²) in [5.41, 5.74) is 8.00. The Balaban J connectivity index is 1.42. The lowest BCUT2D eigenvalue weighted by molar-refractivity contribution is 0.00437. The summed E-state index contributed by atoms with van der Waals surface area (Å²) in [6.45, 7) is 23.4. The first-order valence-electron chi connectivity index (χ1n) is 13.7. The topological polar surface area (TPSA) is 31.4 Å². The van der Waals surface area contributed by atoms with Crippen LogP contribution < -0.4 is 19.3 Å². The maximum atomic E-state index is 6.75. The molecule has 0 aromatic heterocycles. The Morgan fingerprint density at radius 2 is 1.44 bits per heavy atom. The minimum Gasteiger partial charge on any atom is -0.497 e. The summed E-state index contributed by atoms with van der Waals surface area (Å²) in [4.78, 5) is 10.4. The van der Waals surface area contributed by atoms with Gasteiger partial charge in [-0.2, -0.15) is 0 Å². The Bertz CT molecular complexity index is 1080. The zero-order chi connectivity index (χ0) is 25.6. The molecule has 5 rings (SSSR count). The molecule has 0 bridgehead atoms. The third-order valence-corrected chi connectivity index (χ3v) is 8.81. The molecule has 196 valence electrons. The van der Waals surface area contributed by atoms with Crippen molar-refractivity contribution in [3.05, 3.63) is 46.5 Å². The van der Waals surface area contributed by atoms with Crippen LogP contribution in [0.1, 0.15) is 49.1 Å². The Hall–Kier alpha value is -2.44. The van der Waals surface area contributed by atoms with E-state index in [0.717, 1.165) is 70.4 Å². The molecule has 2 fully saturated rings. The average molecular weight is 493 g/mol. The van der Waals surface area contributed by atoms with Crippen LogP contribution >= 0.6 is 0 Å². The van der Waals surface area contributed by atoms with Crippen molar-refractivity contribution >= 4 is 11.4 Å². The van der Waals surface area contributed by atoms with Gasteiger partial charge in [-0.3, -0.25) is 4.90 Å². The van der Waals surface area contributed by atoms with E-state index >= 15 is 0 Å². The van der Waals surface area contributed by atoms with Crippen LogP contribution in [-0.2, 0) is 0 Å². The number of fused-ring (bicyclic) bond motifs is 1. The van der Waals surface area contributed by atoms with E-state index in [1.165, 1.54) is 33.6 Å². The van der Waals surface area contributed by atoms with Crippen molar-refractivity contribution in [1.29, 1.82) is 0 Å². The number of benzene rings is 2. The van der Waals surface area contributed by atoms with Crippen molar-refractivity contribution in [2.24, 2.45) is 0 Å². The summed E-state index contributed by atoms with van der Waals surface area (Å²) in [6, 6.07) is 8.76. The van der Waals surface area contributed by atoms with Gasteiger partial charge in [0.2, 0.25) is 0 Å². The molecule has 0 spiro atoms. The van der Waals surface area contributed by atoms with Gasteiger partial charge in [-0.05, 0) is 82.1 Å². The molecule has 1 unspecified atom stereocenters. The molecule has 0 aliphatic carbocycles. The van der Waals surface area contributed by atoms with Gasteiger partial charge in [-0.25, -0.2) is 0 Å². The number of ether oxygens (including phenoxy) is 2. The summed E-state index contributed by atoms with van der Waals surface area (Å²) in [5, 5.41) is 0. The Labute approximate surface area is 217 Å². The van der Waals surface area contributed by atoms with E-state index < -0.39 is 0 Å². The molecule has 0 amide bonds. The fourth-order valence-corrected chi connectivity index (χ4v) is 6.67. The van der Waals surface area contributed by atoms with E-state index in [0.29, 0.717) is 6.04 Å². The second kappa shape index (κ2) is 9.79. The lowest BCUT2D eigenvalue weighted by atomic mass is 9.86. The van der Waals surface area contributed by atoms with Crippen molar-refractivity contribution in [3.8, 4) is 11.5 Å². The summed E-state index contributed by atoms with van der Waals surface area (Å²) < 4.78 is 12.1. The van der Waals surface area contributed by atoms with Crippen LogP contribution in [0.4, 0.5) is 11.4 Å². The Morgan fingerprint density at radius 1 is 0.833 bits per heavy atom. The van der Waals surface area contributed by atoms with Crippen molar-refractivity contribution in [2.75, 3.05) is 75.8 Å². The predicted octanol–water partition coefficient (Wildman–Crippen LogP) is 4.80. The SMILES string of the molecule is CCN1CCN(C2c3c(C)c(N4CCN(c5ccc(OC)cc5)CC4)c(C)c(C)c3OC2(C)C)CC1. The number of anilines is 2. The number of likely N-dealkylation sites (N-methyl/N-ethyl adjacent to an activating group) is 1. The van der Waals surface area contributed by atoms with E-state index in [1.54, 1.807) is 7.11 Å². The second-order valence-electron chi connectivity index (χ2n) is 11.2. The smallest absolute Gasteiger partial charge is 0.128 e. The molecule has 6 nitrogen and oxygen atoms in total. The van der Waals surface area contributed by atoms with Crippen LogP contribution in [-0.4, -0.2) is 81.4 Å². The lowest BCUT2D eigenvalue weighted by Crippen LogP contribution is -2.51. The summed E-state index contributed by atoms with van der Waals surface area (Å²) >= 11 is 0. The fraction of sp³-hybridized carbons (Fsp3) is 0.600. The third-order valence-electron chi connectivity index (χ3n) is 8.81. The molecule has 3 heterocycles. The predicted molar refractivity (Wildman–Crippen MR) is 149 cm³/mol. The van der Waals surface area contributed by atoms with Crippen LogP contribution in [0.15, 0.2) is 24.3 Å². The largest absolute Gasteiger partial charge is 0.497 e. The molecule has 36 heavy (non-hydrogen) atoms. The number of hydrogen-bond acceptors (Lipinski definition) is 6. The summed E-state index contributed by atoms with van der Waals surface area (Å²) in [6.07, 6.45) is 0. The molecule has 0 N–H and O–H groups in total. The zero-order valence-corrected chi connectivity index (χ0v) is 23.4. The molecule has 2 aromatic carbocycles. The van der Waals surface area contributed by atoms with Crippen molar-refractivity contribution < 1.29 is 9.47 Å². The zero-order valence-electron chi connectivity index (χ0n) is 23.4. The highest BCUT2D eigenvalue weighted by Crippen LogP contribution is 2.53. The standard InChI is InChI=1S/C30H44N4O2/c1-8-31-13-15-34(16-14-31)29-26-23(4)27(21(2)22(3)28(26)36-30(29,5)6)33-19-17-32(18-20-33)24-9-11-25(35-7)12-10-24/h9-12,29H,8,13-20H2,1-7H3. The first kappa shape index (κ1) is 25.2. The minimum absolute atomic E-state index is 0.232. The molecule has 1 atom stereocenters. The van der Waals surface area contributed by atoms with Gasteiger partial charge in [-0.1, -0.05) is 6.92 Å². The van der Waals surface area contributed by atoms with Gasteiger partial charge in [0.15, 0.2) is 0 Å². The quantitative estimate of drug-likeness (QED) is 0.596. The highest BCUT2D eigenvalue weighted by Gasteiger charge is 2.47. The first-order chi connectivity index (χ1) is 17.2. The number of hydrogen-bond donors (Lipinski definition) is 0. The summed E-state index contributed by atoms with van der Waals surface area (Å²) in [5.74, 6) is 2.05. The van der Waals surface area contributed by atoms with Crippen molar-refractivity contribution in [3.63, 3.8) is 0 Å². The second-order valence-corrected chi connectivity index (χ2v) is 11.2.